The van der Waals surface area contributed by atoms with Crippen LogP contribution < -0.4 is 5.32 Å². The van der Waals surface area contributed by atoms with Gasteiger partial charge in [0.2, 0.25) is 0 Å². The Morgan fingerprint density at radius 1 is 1.22 bits per heavy atom. The van der Waals surface area contributed by atoms with Crippen LogP contribution >= 0.6 is 0 Å². The molecular weight excluding hydrogens is 294 g/mol. The number of hydrogen-bond donors (Lipinski definition) is 2. The molecule has 0 saturated heterocycles. The van der Waals surface area contributed by atoms with Crippen molar-refractivity contribution < 1.29 is 19.4 Å². The Bertz CT molecular complexity index is 570. The minimum Gasteiger partial charge on any atom is -0.480 e. The molecule has 0 aliphatic carbocycles. The van der Waals surface area contributed by atoms with Gasteiger partial charge >= 0.3 is 12.1 Å². The molecule has 0 aliphatic rings. The molecule has 23 heavy (non-hydrogen) atoms. The van der Waals surface area contributed by atoms with Gasteiger partial charge in [0.1, 0.15) is 11.6 Å². The molecule has 0 aliphatic heterocycles. The lowest BCUT2D eigenvalue weighted by molar-refractivity contribution is -0.139. The summed E-state index contributed by atoms with van der Waals surface area (Å²) >= 11 is 0. The van der Waals surface area contributed by atoms with Crippen molar-refractivity contribution in [1.29, 1.82) is 0 Å². The minimum absolute atomic E-state index is 0.174. The van der Waals surface area contributed by atoms with E-state index in [1.807, 2.05) is 42.5 Å². The number of alkyl carbamates (subject to hydrolysis) is 1. The molecule has 0 heterocycles. The molecule has 5 heteroatoms. The normalized spacial score (nSPS) is 13.2. The highest BCUT2D eigenvalue weighted by molar-refractivity contribution is 5.80. The second-order valence-electron chi connectivity index (χ2n) is 5.97. The summed E-state index contributed by atoms with van der Waals surface area (Å²) in [6.07, 6.45) is 6.61. The maximum Gasteiger partial charge on any atom is 0.408 e. The summed E-state index contributed by atoms with van der Waals surface area (Å²) in [6, 6.07) is 8.73. The van der Waals surface area contributed by atoms with E-state index >= 15 is 0 Å². The molecule has 0 radical (unpaired) electrons. The number of carboxylic acid groups (broad SMARTS) is 1. The van der Waals surface area contributed by atoms with Crippen molar-refractivity contribution in [1.82, 2.24) is 5.32 Å². The van der Waals surface area contributed by atoms with Crippen LogP contribution in [0.25, 0.3) is 6.08 Å². The van der Waals surface area contributed by atoms with Crippen molar-refractivity contribution in [2.45, 2.75) is 38.8 Å². The first kappa shape index (κ1) is 18.5. The van der Waals surface area contributed by atoms with Gasteiger partial charge in [-0.3, -0.25) is 0 Å². The minimum atomic E-state index is -1.10. The maximum atomic E-state index is 11.6. The third-order valence-electron chi connectivity index (χ3n) is 2.70. The highest BCUT2D eigenvalue weighted by atomic mass is 16.6. The molecule has 1 atom stereocenters. The van der Waals surface area contributed by atoms with Crippen LogP contribution in [0.5, 0.6) is 0 Å². The number of nitrogens with one attached hydrogen (secondary N) is 1. The largest absolute Gasteiger partial charge is 0.480 e. The average molecular weight is 317 g/mol. The van der Waals surface area contributed by atoms with Gasteiger partial charge < -0.3 is 15.2 Å². The highest BCUT2D eigenvalue weighted by Crippen LogP contribution is 2.07. The molecule has 124 valence electrons. The predicted octanol–water partition coefficient (Wildman–Crippen LogP) is 3.62. The number of carboxylic acids is 1. The number of ether oxygens (including phenoxy) is 1. The third-order valence-corrected chi connectivity index (χ3v) is 2.70. The predicted molar refractivity (Wildman–Crippen MR) is 90.0 cm³/mol. The van der Waals surface area contributed by atoms with Crippen molar-refractivity contribution >= 4 is 18.1 Å². The molecule has 1 aromatic carbocycles. The van der Waals surface area contributed by atoms with Gasteiger partial charge in [-0.1, -0.05) is 54.6 Å². The first-order valence-corrected chi connectivity index (χ1v) is 7.38. The lowest BCUT2D eigenvalue weighted by atomic mass is 10.2. The molecule has 1 amide bonds. The SMILES string of the molecule is CC(C)(C)OC(=O)NC(CC=CC=Cc1ccccc1)C(=O)O. The van der Waals surface area contributed by atoms with Crippen LogP contribution in [-0.4, -0.2) is 28.8 Å². The van der Waals surface area contributed by atoms with Crippen molar-refractivity contribution in [2.24, 2.45) is 0 Å². The zero-order chi connectivity index (χ0) is 17.3. The van der Waals surface area contributed by atoms with Gasteiger partial charge in [-0.15, -0.1) is 0 Å². The van der Waals surface area contributed by atoms with Gasteiger partial charge in [-0.2, -0.15) is 0 Å². The van der Waals surface area contributed by atoms with Crippen molar-refractivity contribution in [3.05, 3.63) is 54.1 Å². The first-order valence-electron chi connectivity index (χ1n) is 7.38. The molecule has 0 fully saturated rings. The van der Waals surface area contributed by atoms with Gasteiger partial charge in [0, 0.05) is 0 Å². The lowest BCUT2D eigenvalue weighted by Crippen LogP contribution is -2.43. The topological polar surface area (TPSA) is 75.6 Å². The van der Waals surface area contributed by atoms with E-state index in [4.69, 9.17) is 9.84 Å². The van der Waals surface area contributed by atoms with Crippen molar-refractivity contribution in [3.8, 4) is 0 Å². The van der Waals surface area contributed by atoms with Crippen molar-refractivity contribution in [2.75, 3.05) is 0 Å². The summed E-state index contributed by atoms with van der Waals surface area (Å²) in [6.45, 7) is 5.16. The fourth-order valence-electron chi connectivity index (χ4n) is 1.70. The number of carbonyl (C=O) groups is 2. The summed E-state index contributed by atoms with van der Waals surface area (Å²) < 4.78 is 5.05. The number of rotatable bonds is 6. The molecule has 1 unspecified atom stereocenters. The van der Waals surface area contributed by atoms with Gasteiger partial charge in [0.05, 0.1) is 0 Å². The van der Waals surface area contributed by atoms with E-state index in [0.717, 1.165) is 5.56 Å². The summed E-state index contributed by atoms with van der Waals surface area (Å²) in [7, 11) is 0. The number of carbonyl (C=O) groups excluding carboxylic acids is 1. The monoisotopic (exact) mass is 317 g/mol. The van der Waals surface area contributed by atoms with Crippen LogP contribution in [0.2, 0.25) is 0 Å². The average Bonchev–Trinajstić information content (AvgIpc) is 2.44. The first-order chi connectivity index (χ1) is 10.8. The van der Waals surface area contributed by atoms with Crippen LogP contribution in [0.3, 0.4) is 0 Å². The molecule has 0 saturated carbocycles. The van der Waals surface area contributed by atoms with Gasteiger partial charge in [-0.25, -0.2) is 9.59 Å². The Balaban J connectivity index is 2.50. The van der Waals surface area contributed by atoms with Crippen LogP contribution in [0.4, 0.5) is 4.79 Å². The van der Waals surface area contributed by atoms with Crippen LogP contribution in [0.15, 0.2) is 48.6 Å². The van der Waals surface area contributed by atoms with Crippen LogP contribution in [0, 0.1) is 0 Å². The van der Waals surface area contributed by atoms with E-state index in [1.165, 1.54) is 0 Å². The maximum absolute atomic E-state index is 11.6. The standard InChI is InChI=1S/C18H23NO4/c1-18(2,3)23-17(22)19-15(16(20)21)13-9-5-8-12-14-10-6-4-7-11-14/h4-12,15H,13H2,1-3H3,(H,19,22)(H,20,21). The van der Waals surface area contributed by atoms with E-state index in [9.17, 15) is 9.59 Å². The molecule has 5 nitrogen and oxygen atoms in total. The summed E-state index contributed by atoms with van der Waals surface area (Å²) in [5.41, 5.74) is 0.389. The van der Waals surface area contributed by atoms with Crippen LogP contribution in [0.1, 0.15) is 32.8 Å². The zero-order valence-corrected chi connectivity index (χ0v) is 13.7. The second-order valence-corrected chi connectivity index (χ2v) is 5.97. The Hall–Kier alpha value is -2.56. The Morgan fingerprint density at radius 2 is 1.87 bits per heavy atom. The molecule has 0 spiro atoms. The van der Waals surface area contributed by atoms with E-state index in [2.05, 4.69) is 5.32 Å². The second kappa shape index (κ2) is 8.78. The smallest absolute Gasteiger partial charge is 0.408 e. The number of benzene rings is 1. The summed E-state index contributed by atoms with van der Waals surface area (Å²) in [5.74, 6) is -1.10. The third kappa shape index (κ3) is 8.46. The van der Waals surface area contributed by atoms with Crippen molar-refractivity contribution in [3.63, 3.8) is 0 Å². The summed E-state index contributed by atoms with van der Waals surface area (Å²) in [4.78, 5) is 22.8. The van der Waals surface area contributed by atoms with Gasteiger partial charge in [0.25, 0.3) is 0 Å². The molecule has 2 N–H and O–H groups in total. The van der Waals surface area contributed by atoms with E-state index < -0.39 is 23.7 Å². The molecule has 0 bridgehead atoms. The number of allylic oxidation sites excluding steroid dienone is 2. The Labute approximate surface area is 136 Å². The molecule has 0 aromatic heterocycles. The quantitative estimate of drug-likeness (QED) is 0.786. The fourth-order valence-corrected chi connectivity index (χ4v) is 1.70. The van der Waals surface area contributed by atoms with E-state index in [0.29, 0.717) is 0 Å². The van der Waals surface area contributed by atoms with E-state index in [1.54, 1.807) is 32.9 Å². The highest BCUT2D eigenvalue weighted by Gasteiger charge is 2.22. The van der Waals surface area contributed by atoms with E-state index in [-0.39, 0.29) is 6.42 Å². The number of amides is 1. The number of aliphatic carboxylic acids is 1. The Kier molecular flexibility index (Phi) is 7.06. The Morgan fingerprint density at radius 3 is 2.43 bits per heavy atom. The fraction of sp³-hybridized carbons (Fsp3) is 0.333. The summed E-state index contributed by atoms with van der Waals surface area (Å²) in [5, 5.41) is 11.5. The zero-order valence-electron chi connectivity index (χ0n) is 13.7. The lowest BCUT2D eigenvalue weighted by Gasteiger charge is -2.21. The molecule has 1 rings (SSSR count). The van der Waals surface area contributed by atoms with Gasteiger partial charge in [-0.05, 0) is 32.8 Å². The molecule has 1 aromatic rings. The number of hydrogen-bond acceptors (Lipinski definition) is 3. The van der Waals surface area contributed by atoms with Gasteiger partial charge in [0.15, 0.2) is 0 Å². The molecular formula is C18H23NO4. The van der Waals surface area contributed by atoms with Crippen LogP contribution in [-0.2, 0) is 9.53 Å².